The van der Waals surface area contributed by atoms with Crippen LogP contribution in [0.3, 0.4) is 0 Å². The highest BCUT2D eigenvalue weighted by atomic mass is 32.1. The Kier molecular flexibility index (Phi) is 6.18. The number of rotatable bonds is 7. The zero-order chi connectivity index (χ0) is 21.6. The van der Waals surface area contributed by atoms with Gasteiger partial charge in [-0.05, 0) is 36.0 Å². The molecule has 0 aliphatic heterocycles. The number of carbonyl (C=O) groups excluding carboxylic acids is 1. The van der Waals surface area contributed by atoms with E-state index in [4.69, 9.17) is 9.47 Å². The molecule has 0 unspecified atom stereocenters. The number of nitrogens with one attached hydrogen (secondary N) is 1. The summed E-state index contributed by atoms with van der Waals surface area (Å²) in [5.74, 6) is 0.344. The van der Waals surface area contributed by atoms with Gasteiger partial charge in [0.25, 0.3) is 11.1 Å². The van der Waals surface area contributed by atoms with Gasteiger partial charge in [-0.15, -0.1) is 5.10 Å². The zero-order valence-corrected chi connectivity index (χ0v) is 17.8. The molecule has 2 aromatic heterocycles. The molecule has 156 valence electrons. The summed E-state index contributed by atoms with van der Waals surface area (Å²) in [6, 6.07) is 17.2. The molecule has 4 rings (SSSR count). The van der Waals surface area contributed by atoms with Crippen molar-refractivity contribution in [2.45, 2.75) is 13.5 Å². The van der Waals surface area contributed by atoms with Gasteiger partial charge in [0.15, 0.2) is 0 Å². The van der Waals surface area contributed by atoms with Crippen LogP contribution in [0.25, 0.3) is 11.1 Å². The molecule has 8 heteroatoms. The maximum Gasteiger partial charge on any atom is 0.296 e. The summed E-state index contributed by atoms with van der Waals surface area (Å²) in [5.41, 5.74) is 4.10. The Hall–Kier alpha value is -3.78. The maximum atomic E-state index is 13.0. The third-order valence-electron chi connectivity index (χ3n) is 4.53. The lowest BCUT2D eigenvalue weighted by atomic mass is 10.0. The first-order valence-corrected chi connectivity index (χ1v) is 10.4. The van der Waals surface area contributed by atoms with Crippen LogP contribution in [0.1, 0.15) is 21.5 Å². The number of benzene rings is 2. The largest absolute Gasteiger partial charge is 0.496 e. The molecular formula is C23H20N4O3S. The Labute approximate surface area is 183 Å². The van der Waals surface area contributed by atoms with Crippen molar-refractivity contribution < 1.29 is 14.3 Å². The van der Waals surface area contributed by atoms with Crippen LogP contribution in [-0.4, -0.2) is 28.2 Å². The van der Waals surface area contributed by atoms with Gasteiger partial charge in [0.05, 0.1) is 12.7 Å². The molecule has 2 aromatic carbocycles. The number of methoxy groups -OCH3 is 1. The standard InChI is InChI=1S/C23H20N4O3S/c1-15-6-5-7-16(12-15)14-30-23-27-26-22(31-23)25-21(28)18-10-11-24-13-19(18)17-8-3-4-9-20(17)29-2/h3-13H,14H2,1-2H3,(H,25,26,28). The quantitative estimate of drug-likeness (QED) is 0.454. The van der Waals surface area contributed by atoms with E-state index in [2.05, 4.69) is 20.5 Å². The molecule has 4 aromatic rings. The molecule has 0 saturated carbocycles. The molecule has 2 heterocycles. The van der Waals surface area contributed by atoms with Crippen molar-refractivity contribution in [2.24, 2.45) is 0 Å². The van der Waals surface area contributed by atoms with Crippen LogP contribution in [0, 0.1) is 6.92 Å². The van der Waals surface area contributed by atoms with Crippen molar-refractivity contribution in [1.82, 2.24) is 15.2 Å². The SMILES string of the molecule is COc1ccccc1-c1cnccc1C(=O)Nc1nnc(OCc2cccc(C)c2)s1. The van der Waals surface area contributed by atoms with Gasteiger partial charge in [0.2, 0.25) is 5.13 Å². The normalized spacial score (nSPS) is 10.5. The van der Waals surface area contributed by atoms with E-state index < -0.39 is 0 Å². The lowest BCUT2D eigenvalue weighted by Gasteiger charge is -2.11. The van der Waals surface area contributed by atoms with Crippen LogP contribution in [0.15, 0.2) is 67.0 Å². The summed E-state index contributed by atoms with van der Waals surface area (Å²) in [5, 5.41) is 11.6. The minimum atomic E-state index is -0.315. The molecule has 0 fully saturated rings. The predicted molar refractivity (Wildman–Crippen MR) is 120 cm³/mol. The minimum Gasteiger partial charge on any atom is -0.496 e. The first-order valence-electron chi connectivity index (χ1n) is 9.54. The van der Waals surface area contributed by atoms with E-state index in [0.29, 0.717) is 33.8 Å². The number of ether oxygens (including phenoxy) is 2. The summed E-state index contributed by atoms with van der Waals surface area (Å²) in [6.45, 7) is 2.41. The van der Waals surface area contributed by atoms with Crippen LogP contribution < -0.4 is 14.8 Å². The molecule has 7 nitrogen and oxygen atoms in total. The third-order valence-corrected chi connectivity index (χ3v) is 5.29. The lowest BCUT2D eigenvalue weighted by molar-refractivity contribution is 0.102. The topological polar surface area (TPSA) is 86.2 Å². The molecule has 0 aliphatic rings. The second kappa shape index (κ2) is 9.36. The average molecular weight is 433 g/mol. The van der Waals surface area contributed by atoms with Gasteiger partial charge < -0.3 is 9.47 Å². The molecule has 0 radical (unpaired) electrons. The Bertz CT molecular complexity index is 1210. The molecule has 1 N–H and O–H groups in total. The van der Waals surface area contributed by atoms with E-state index in [1.54, 1.807) is 25.6 Å². The second-order valence-electron chi connectivity index (χ2n) is 6.73. The van der Waals surface area contributed by atoms with E-state index in [0.717, 1.165) is 16.7 Å². The van der Waals surface area contributed by atoms with E-state index in [1.165, 1.54) is 11.3 Å². The Balaban J connectivity index is 1.48. The van der Waals surface area contributed by atoms with Gasteiger partial charge in [0, 0.05) is 23.5 Å². The zero-order valence-electron chi connectivity index (χ0n) is 17.0. The van der Waals surface area contributed by atoms with Crippen LogP contribution in [0.5, 0.6) is 10.9 Å². The number of hydrogen-bond acceptors (Lipinski definition) is 7. The Morgan fingerprint density at radius 2 is 1.94 bits per heavy atom. The predicted octanol–water partition coefficient (Wildman–Crippen LogP) is 4.75. The van der Waals surface area contributed by atoms with Crippen molar-refractivity contribution >= 4 is 22.4 Å². The van der Waals surface area contributed by atoms with Crippen molar-refractivity contribution in [3.05, 3.63) is 83.7 Å². The summed E-state index contributed by atoms with van der Waals surface area (Å²) < 4.78 is 11.1. The van der Waals surface area contributed by atoms with Gasteiger partial charge in [-0.3, -0.25) is 15.1 Å². The van der Waals surface area contributed by atoms with Crippen LogP contribution in [-0.2, 0) is 6.61 Å². The number of pyridine rings is 1. The van der Waals surface area contributed by atoms with Gasteiger partial charge in [-0.1, -0.05) is 53.1 Å². The molecule has 0 saturated heterocycles. The number of para-hydroxylation sites is 1. The Morgan fingerprint density at radius 1 is 1.06 bits per heavy atom. The molecule has 0 bridgehead atoms. The van der Waals surface area contributed by atoms with Crippen LogP contribution in [0.4, 0.5) is 5.13 Å². The highest BCUT2D eigenvalue weighted by Gasteiger charge is 2.17. The smallest absolute Gasteiger partial charge is 0.296 e. The van der Waals surface area contributed by atoms with Gasteiger partial charge >= 0.3 is 0 Å². The first-order chi connectivity index (χ1) is 15.1. The highest BCUT2D eigenvalue weighted by Crippen LogP contribution is 2.32. The Morgan fingerprint density at radius 3 is 2.77 bits per heavy atom. The van der Waals surface area contributed by atoms with Crippen molar-refractivity contribution in [2.75, 3.05) is 12.4 Å². The minimum absolute atomic E-state index is 0.315. The van der Waals surface area contributed by atoms with Crippen LogP contribution >= 0.6 is 11.3 Å². The number of anilines is 1. The fraction of sp³-hybridized carbons (Fsp3) is 0.130. The van der Waals surface area contributed by atoms with Gasteiger partial charge in [-0.25, -0.2) is 0 Å². The highest BCUT2D eigenvalue weighted by molar-refractivity contribution is 7.17. The monoisotopic (exact) mass is 432 g/mol. The third kappa shape index (κ3) is 4.87. The van der Waals surface area contributed by atoms with Gasteiger partial charge in [-0.2, -0.15) is 0 Å². The van der Waals surface area contributed by atoms with E-state index in [1.807, 2.05) is 55.5 Å². The van der Waals surface area contributed by atoms with Crippen molar-refractivity contribution in [1.29, 1.82) is 0 Å². The number of amides is 1. The van der Waals surface area contributed by atoms with Crippen molar-refractivity contribution in [3.8, 4) is 22.1 Å². The van der Waals surface area contributed by atoms with E-state index in [9.17, 15) is 4.79 Å². The van der Waals surface area contributed by atoms with E-state index >= 15 is 0 Å². The van der Waals surface area contributed by atoms with Crippen molar-refractivity contribution in [3.63, 3.8) is 0 Å². The molecular weight excluding hydrogens is 412 g/mol. The summed E-state index contributed by atoms with van der Waals surface area (Å²) >= 11 is 1.17. The number of carbonyl (C=O) groups is 1. The number of hydrogen-bond donors (Lipinski definition) is 1. The molecule has 0 atom stereocenters. The van der Waals surface area contributed by atoms with Gasteiger partial charge in [0.1, 0.15) is 12.4 Å². The fourth-order valence-corrected chi connectivity index (χ4v) is 3.69. The summed E-state index contributed by atoms with van der Waals surface area (Å²) in [4.78, 5) is 17.1. The number of nitrogens with zero attached hydrogens (tertiary/aromatic N) is 3. The molecule has 0 spiro atoms. The average Bonchev–Trinajstić information content (AvgIpc) is 3.25. The fourth-order valence-electron chi connectivity index (χ4n) is 3.10. The van der Waals surface area contributed by atoms with Crippen LogP contribution in [0.2, 0.25) is 0 Å². The molecule has 1 amide bonds. The second-order valence-corrected chi connectivity index (χ2v) is 7.67. The maximum absolute atomic E-state index is 13.0. The first kappa shape index (κ1) is 20.5. The number of aryl methyl sites for hydroxylation is 1. The molecule has 31 heavy (non-hydrogen) atoms. The molecule has 0 aliphatic carbocycles. The lowest BCUT2D eigenvalue weighted by Crippen LogP contribution is -2.13. The summed E-state index contributed by atoms with van der Waals surface area (Å²) in [7, 11) is 1.59. The summed E-state index contributed by atoms with van der Waals surface area (Å²) in [6.07, 6.45) is 3.22. The van der Waals surface area contributed by atoms with E-state index in [-0.39, 0.29) is 5.91 Å². The number of aromatic nitrogens is 3.